The van der Waals surface area contributed by atoms with E-state index in [1.54, 1.807) is 10.4 Å². The van der Waals surface area contributed by atoms with Crippen LogP contribution in [0.25, 0.3) is 0 Å². The number of carbonyl (C=O) groups excluding carboxylic acids is 1. The molecule has 154 valence electrons. The fraction of sp³-hybridized carbons (Fsp3) is 0.409. The van der Waals surface area contributed by atoms with Gasteiger partial charge in [-0.25, -0.2) is 13.2 Å². The Kier molecular flexibility index (Phi) is 5.87. The fourth-order valence-corrected chi connectivity index (χ4v) is 5.99. The molecule has 1 heterocycles. The average molecular weight is 414 g/mol. The van der Waals surface area contributed by atoms with Crippen molar-refractivity contribution in [2.75, 3.05) is 18.4 Å². The Morgan fingerprint density at radius 3 is 2.62 bits per heavy atom. The highest BCUT2D eigenvalue weighted by Crippen LogP contribution is 2.29. The van der Waals surface area contributed by atoms with Gasteiger partial charge < -0.3 is 10.6 Å². The quantitative estimate of drug-likeness (QED) is 0.787. The number of anilines is 1. The number of aryl methyl sites for hydroxylation is 2. The van der Waals surface area contributed by atoms with E-state index < -0.39 is 10.0 Å². The van der Waals surface area contributed by atoms with Crippen LogP contribution in [0.2, 0.25) is 0 Å². The Morgan fingerprint density at radius 1 is 1.00 bits per heavy atom. The zero-order valence-corrected chi connectivity index (χ0v) is 17.2. The number of benzene rings is 2. The minimum absolute atomic E-state index is 0.233. The van der Waals surface area contributed by atoms with Crippen LogP contribution in [0.5, 0.6) is 0 Å². The highest BCUT2D eigenvalue weighted by molar-refractivity contribution is 7.89. The van der Waals surface area contributed by atoms with Crippen LogP contribution in [0, 0.1) is 0 Å². The molecule has 0 radical (unpaired) electrons. The molecule has 0 bridgehead atoms. The molecule has 4 rings (SSSR count). The lowest BCUT2D eigenvalue weighted by Crippen LogP contribution is -2.49. The van der Waals surface area contributed by atoms with E-state index in [1.807, 2.05) is 42.5 Å². The SMILES string of the molecule is O=C(NC[C@H]1CCCCN1S(=O)(=O)c1ccc2c(c1)CCC2)Nc1ccccc1. The molecule has 0 aromatic heterocycles. The fourth-order valence-electron chi connectivity index (χ4n) is 4.25. The van der Waals surface area contributed by atoms with Crippen molar-refractivity contribution in [2.24, 2.45) is 0 Å². The third kappa shape index (κ3) is 4.46. The number of fused-ring (bicyclic) bond motifs is 1. The largest absolute Gasteiger partial charge is 0.336 e. The van der Waals surface area contributed by atoms with Crippen molar-refractivity contribution in [1.29, 1.82) is 0 Å². The molecule has 7 heteroatoms. The summed E-state index contributed by atoms with van der Waals surface area (Å²) in [6, 6.07) is 14.2. The number of sulfonamides is 1. The smallest absolute Gasteiger partial charge is 0.319 e. The third-order valence-corrected chi connectivity index (χ3v) is 7.73. The van der Waals surface area contributed by atoms with E-state index in [0.29, 0.717) is 23.7 Å². The van der Waals surface area contributed by atoms with Crippen molar-refractivity contribution in [1.82, 2.24) is 9.62 Å². The molecule has 2 aromatic rings. The maximum atomic E-state index is 13.3. The Labute approximate surface area is 172 Å². The number of carbonyl (C=O) groups is 1. The van der Waals surface area contributed by atoms with E-state index in [-0.39, 0.29) is 12.1 Å². The second kappa shape index (κ2) is 8.55. The van der Waals surface area contributed by atoms with Crippen LogP contribution in [0.1, 0.15) is 36.8 Å². The number of piperidine rings is 1. The van der Waals surface area contributed by atoms with Gasteiger partial charge in [-0.05, 0) is 67.5 Å². The second-order valence-electron chi connectivity index (χ2n) is 7.75. The Balaban J connectivity index is 1.45. The van der Waals surface area contributed by atoms with Gasteiger partial charge in [-0.2, -0.15) is 4.31 Å². The third-order valence-electron chi connectivity index (χ3n) is 5.78. The summed E-state index contributed by atoms with van der Waals surface area (Å²) >= 11 is 0. The van der Waals surface area contributed by atoms with Crippen LogP contribution in [0.3, 0.4) is 0 Å². The summed E-state index contributed by atoms with van der Waals surface area (Å²) in [4.78, 5) is 12.6. The van der Waals surface area contributed by atoms with Gasteiger partial charge in [0.2, 0.25) is 10.0 Å². The first-order chi connectivity index (χ1) is 14.0. The van der Waals surface area contributed by atoms with Gasteiger partial charge in [-0.1, -0.05) is 30.7 Å². The molecule has 2 aromatic carbocycles. The van der Waals surface area contributed by atoms with Gasteiger partial charge in [0.25, 0.3) is 0 Å². The molecule has 0 spiro atoms. The van der Waals surface area contributed by atoms with E-state index in [4.69, 9.17) is 0 Å². The molecule has 1 aliphatic carbocycles. The first-order valence-corrected chi connectivity index (χ1v) is 11.7. The van der Waals surface area contributed by atoms with Crippen LogP contribution in [0.4, 0.5) is 10.5 Å². The first kappa shape index (κ1) is 19.9. The molecule has 2 N–H and O–H groups in total. The molecule has 6 nitrogen and oxygen atoms in total. The lowest BCUT2D eigenvalue weighted by Gasteiger charge is -2.34. The lowest BCUT2D eigenvalue weighted by atomic mass is 10.1. The van der Waals surface area contributed by atoms with Crippen molar-refractivity contribution in [3.63, 3.8) is 0 Å². The van der Waals surface area contributed by atoms with Crippen LogP contribution >= 0.6 is 0 Å². The van der Waals surface area contributed by atoms with Crippen molar-refractivity contribution < 1.29 is 13.2 Å². The normalized spacial score (nSPS) is 19.5. The van der Waals surface area contributed by atoms with E-state index in [9.17, 15) is 13.2 Å². The Bertz CT molecular complexity index is 976. The Morgan fingerprint density at radius 2 is 1.79 bits per heavy atom. The molecule has 1 aliphatic heterocycles. The molecule has 2 amide bonds. The highest BCUT2D eigenvalue weighted by atomic mass is 32.2. The van der Waals surface area contributed by atoms with Gasteiger partial charge >= 0.3 is 6.03 Å². The van der Waals surface area contributed by atoms with Crippen LogP contribution in [-0.2, 0) is 22.9 Å². The van der Waals surface area contributed by atoms with Crippen LogP contribution in [0.15, 0.2) is 53.4 Å². The summed E-state index contributed by atoms with van der Waals surface area (Å²) in [6.45, 7) is 0.787. The monoisotopic (exact) mass is 413 g/mol. The highest BCUT2D eigenvalue weighted by Gasteiger charge is 2.34. The van der Waals surface area contributed by atoms with Crippen LogP contribution < -0.4 is 10.6 Å². The molecule has 1 saturated heterocycles. The molecule has 0 unspecified atom stereocenters. The van der Waals surface area contributed by atoms with E-state index in [1.165, 1.54) is 5.56 Å². The summed E-state index contributed by atoms with van der Waals surface area (Å²) in [6.07, 6.45) is 5.62. The number of urea groups is 1. The van der Waals surface area contributed by atoms with E-state index >= 15 is 0 Å². The van der Waals surface area contributed by atoms with Crippen molar-refractivity contribution in [2.45, 2.75) is 49.5 Å². The number of para-hydroxylation sites is 1. The Hall–Kier alpha value is -2.38. The number of hydrogen-bond acceptors (Lipinski definition) is 3. The first-order valence-electron chi connectivity index (χ1n) is 10.3. The number of nitrogens with zero attached hydrogens (tertiary/aromatic N) is 1. The number of hydrogen-bond donors (Lipinski definition) is 2. The van der Waals surface area contributed by atoms with E-state index in [2.05, 4.69) is 10.6 Å². The average Bonchev–Trinajstić information content (AvgIpc) is 3.21. The predicted molar refractivity (Wildman–Crippen MR) is 113 cm³/mol. The number of nitrogens with one attached hydrogen (secondary N) is 2. The maximum Gasteiger partial charge on any atom is 0.319 e. The zero-order chi connectivity index (χ0) is 20.3. The molecule has 2 aliphatic rings. The predicted octanol–water partition coefficient (Wildman–Crippen LogP) is 3.54. The van der Waals surface area contributed by atoms with Gasteiger partial charge in [0.1, 0.15) is 0 Å². The van der Waals surface area contributed by atoms with Gasteiger partial charge in [-0.15, -0.1) is 0 Å². The summed E-state index contributed by atoms with van der Waals surface area (Å²) in [5, 5.41) is 5.62. The lowest BCUT2D eigenvalue weighted by molar-refractivity contribution is 0.231. The number of amides is 2. The van der Waals surface area contributed by atoms with Crippen molar-refractivity contribution >= 4 is 21.7 Å². The second-order valence-corrected chi connectivity index (χ2v) is 9.64. The van der Waals surface area contributed by atoms with Crippen LogP contribution in [-0.4, -0.2) is 37.9 Å². The summed E-state index contributed by atoms with van der Waals surface area (Å²) in [7, 11) is -3.58. The molecule has 0 saturated carbocycles. The maximum absolute atomic E-state index is 13.3. The van der Waals surface area contributed by atoms with Crippen molar-refractivity contribution in [3.05, 3.63) is 59.7 Å². The minimum Gasteiger partial charge on any atom is -0.336 e. The minimum atomic E-state index is -3.58. The van der Waals surface area contributed by atoms with Gasteiger partial charge in [0.15, 0.2) is 0 Å². The topological polar surface area (TPSA) is 78.5 Å². The molecular formula is C22H27N3O3S. The van der Waals surface area contributed by atoms with Gasteiger partial charge in [-0.3, -0.25) is 0 Å². The zero-order valence-electron chi connectivity index (χ0n) is 16.4. The molecule has 1 fully saturated rings. The van der Waals surface area contributed by atoms with Crippen molar-refractivity contribution in [3.8, 4) is 0 Å². The summed E-state index contributed by atoms with van der Waals surface area (Å²) in [5.41, 5.74) is 3.12. The molecule has 29 heavy (non-hydrogen) atoms. The molecular weight excluding hydrogens is 386 g/mol. The number of rotatable bonds is 5. The molecule has 1 atom stereocenters. The van der Waals surface area contributed by atoms with Gasteiger partial charge in [0, 0.05) is 24.8 Å². The standard InChI is InChI=1S/C22H27N3O3S/c26-22(24-19-9-2-1-3-10-19)23-16-20-11-4-5-14-25(20)29(27,28)21-13-12-17-7-6-8-18(17)15-21/h1-3,9-10,12-13,15,20H,4-8,11,14,16H2,(H2,23,24,26)/t20-/m1/s1. The van der Waals surface area contributed by atoms with Gasteiger partial charge in [0.05, 0.1) is 4.90 Å². The summed E-state index contributed by atoms with van der Waals surface area (Å²) in [5.74, 6) is 0. The van der Waals surface area contributed by atoms with E-state index in [0.717, 1.165) is 44.1 Å². The summed E-state index contributed by atoms with van der Waals surface area (Å²) < 4.78 is 28.2.